The number of H-pyrrole nitrogens is 1. The van der Waals surface area contributed by atoms with E-state index in [-0.39, 0.29) is 12.0 Å². The number of carbonyl (C=O) groups excluding carboxylic acids is 1. The van der Waals surface area contributed by atoms with Crippen molar-refractivity contribution in [2.45, 2.75) is 64.1 Å². The van der Waals surface area contributed by atoms with E-state index >= 15 is 0 Å². The van der Waals surface area contributed by atoms with Gasteiger partial charge in [-0.2, -0.15) is 0 Å². The number of anilines is 1. The normalized spacial score (nSPS) is 21.6. The number of hydrogen-bond acceptors (Lipinski definition) is 5. The Morgan fingerprint density at radius 3 is 2.97 bits per heavy atom. The van der Waals surface area contributed by atoms with Crippen LogP contribution in [0.25, 0.3) is 10.9 Å². The molecule has 1 saturated carbocycles. The monoisotopic (exact) mass is 424 g/mol. The summed E-state index contributed by atoms with van der Waals surface area (Å²) in [6.07, 6.45) is 5.28. The van der Waals surface area contributed by atoms with Gasteiger partial charge in [-0.05, 0) is 49.8 Å². The molecule has 0 atom stereocenters. The lowest BCUT2D eigenvalue weighted by Crippen LogP contribution is -2.35. The van der Waals surface area contributed by atoms with E-state index in [9.17, 15) is 9.90 Å². The van der Waals surface area contributed by atoms with Gasteiger partial charge >= 0.3 is 0 Å². The highest BCUT2D eigenvalue weighted by Gasteiger charge is 2.27. The Labute approximate surface area is 180 Å². The van der Waals surface area contributed by atoms with Crippen molar-refractivity contribution in [1.82, 2.24) is 14.9 Å². The molecule has 7 heteroatoms. The van der Waals surface area contributed by atoms with E-state index in [1.165, 1.54) is 10.4 Å². The number of aryl methyl sites for hydroxylation is 1. The van der Waals surface area contributed by atoms with Gasteiger partial charge in [0.1, 0.15) is 5.69 Å². The molecule has 1 aliphatic heterocycles. The van der Waals surface area contributed by atoms with Gasteiger partial charge in [0.15, 0.2) is 5.13 Å². The van der Waals surface area contributed by atoms with Crippen LogP contribution >= 0.6 is 11.3 Å². The van der Waals surface area contributed by atoms with Gasteiger partial charge in [-0.1, -0.05) is 30.4 Å². The van der Waals surface area contributed by atoms with Crippen LogP contribution in [-0.2, 0) is 19.4 Å². The number of aliphatic hydroxyl groups excluding tert-OH is 1. The van der Waals surface area contributed by atoms with Crippen LogP contribution in [0.4, 0.5) is 5.13 Å². The van der Waals surface area contributed by atoms with Crippen molar-refractivity contribution in [3.63, 3.8) is 0 Å². The Morgan fingerprint density at radius 2 is 2.17 bits per heavy atom. The van der Waals surface area contributed by atoms with Crippen LogP contribution < -0.4 is 5.32 Å². The molecule has 2 aromatic heterocycles. The van der Waals surface area contributed by atoms with E-state index in [2.05, 4.69) is 23.3 Å². The summed E-state index contributed by atoms with van der Waals surface area (Å²) >= 11 is 1.67. The number of aromatic nitrogens is 2. The number of hydrogen-bond donors (Lipinski definition) is 3. The molecule has 158 valence electrons. The van der Waals surface area contributed by atoms with Crippen LogP contribution in [0.3, 0.4) is 0 Å². The van der Waals surface area contributed by atoms with Crippen LogP contribution in [0.1, 0.15) is 59.2 Å². The van der Waals surface area contributed by atoms with Gasteiger partial charge in [0.25, 0.3) is 5.91 Å². The average molecular weight is 425 g/mol. The van der Waals surface area contributed by atoms with Crippen LogP contribution in [0.2, 0.25) is 0 Å². The first kappa shape index (κ1) is 19.6. The summed E-state index contributed by atoms with van der Waals surface area (Å²) in [5, 5.41) is 15.3. The third kappa shape index (κ3) is 3.72. The second kappa shape index (κ2) is 8.04. The molecule has 3 aromatic rings. The van der Waals surface area contributed by atoms with Gasteiger partial charge < -0.3 is 20.3 Å². The largest absolute Gasteiger partial charge is 0.393 e. The summed E-state index contributed by atoms with van der Waals surface area (Å²) < 4.78 is 0. The number of aliphatic hydroxyl groups is 1. The molecule has 0 unspecified atom stereocenters. The first-order chi connectivity index (χ1) is 14.6. The number of nitrogens with one attached hydrogen (secondary N) is 2. The minimum atomic E-state index is -0.148. The van der Waals surface area contributed by atoms with E-state index < -0.39 is 0 Å². The molecule has 30 heavy (non-hydrogen) atoms. The third-order valence-electron chi connectivity index (χ3n) is 6.41. The fourth-order valence-corrected chi connectivity index (χ4v) is 5.74. The molecule has 6 nitrogen and oxygen atoms in total. The molecular weight excluding hydrogens is 396 g/mol. The van der Waals surface area contributed by atoms with Crippen molar-refractivity contribution in [3.05, 3.63) is 46.1 Å². The number of nitrogens with zero attached hydrogens (tertiary/aromatic N) is 2. The fourth-order valence-electron chi connectivity index (χ4n) is 4.64. The van der Waals surface area contributed by atoms with E-state index in [4.69, 9.17) is 4.98 Å². The van der Waals surface area contributed by atoms with E-state index in [0.717, 1.165) is 60.3 Å². The molecule has 0 bridgehead atoms. The maximum atomic E-state index is 13.2. The Kier molecular flexibility index (Phi) is 5.25. The van der Waals surface area contributed by atoms with Crippen LogP contribution in [0, 0.1) is 0 Å². The third-order valence-corrected chi connectivity index (χ3v) is 7.42. The highest BCUT2D eigenvalue weighted by Crippen LogP contribution is 2.31. The number of fused-ring (bicyclic) bond motifs is 2. The molecule has 0 spiro atoms. The maximum Gasteiger partial charge on any atom is 0.270 e. The lowest BCUT2D eigenvalue weighted by molar-refractivity contribution is 0.0731. The van der Waals surface area contributed by atoms with Crippen molar-refractivity contribution in [2.75, 3.05) is 11.9 Å². The van der Waals surface area contributed by atoms with Crippen molar-refractivity contribution < 1.29 is 9.90 Å². The van der Waals surface area contributed by atoms with Crippen molar-refractivity contribution >= 4 is 33.3 Å². The van der Waals surface area contributed by atoms with Gasteiger partial charge in [0, 0.05) is 34.8 Å². The molecule has 0 radical (unpaired) electrons. The smallest absolute Gasteiger partial charge is 0.270 e. The number of rotatable bonds is 4. The standard InChI is InChI=1S/C23H28N4O2S/c1-2-14-4-3-5-18-17(14)12-20(25-18)22(29)27-11-10-19-21(13-27)30-23(26-19)24-15-6-8-16(28)9-7-15/h3-5,12,15-16,25,28H,2,6-11,13H2,1H3,(H,24,26). The average Bonchev–Trinajstić information content (AvgIpc) is 3.37. The first-order valence-electron chi connectivity index (χ1n) is 10.9. The fraction of sp³-hybridized carbons (Fsp3) is 0.478. The van der Waals surface area contributed by atoms with Crippen molar-refractivity contribution in [1.29, 1.82) is 0 Å². The number of amides is 1. The number of carbonyl (C=O) groups is 1. The molecule has 1 fully saturated rings. The summed E-state index contributed by atoms with van der Waals surface area (Å²) in [6, 6.07) is 8.58. The van der Waals surface area contributed by atoms with Gasteiger partial charge in [-0.25, -0.2) is 4.98 Å². The Bertz CT molecular complexity index is 1060. The summed E-state index contributed by atoms with van der Waals surface area (Å²) in [6.45, 7) is 3.45. The van der Waals surface area contributed by atoms with Crippen LogP contribution in [-0.4, -0.2) is 44.6 Å². The molecular formula is C23H28N4O2S. The predicted octanol–water partition coefficient (Wildman–Crippen LogP) is 4.10. The van der Waals surface area contributed by atoms with Crippen molar-refractivity contribution in [3.8, 4) is 0 Å². The number of benzene rings is 1. The first-order valence-corrected chi connectivity index (χ1v) is 11.8. The van der Waals surface area contributed by atoms with Gasteiger partial charge in [0.05, 0.1) is 18.3 Å². The second-order valence-corrected chi connectivity index (χ2v) is 9.51. The highest BCUT2D eigenvalue weighted by molar-refractivity contribution is 7.15. The molecule has 2 aliphatic rings. The summed E-state index contributed by atoms with van der Waals surface area (Å²) in [5.74, 6) is 0.0584. The zero-order chi connectivity index (χ0) is 20.7. The molecule has 1 aromatic carbocycles. The maximum absolute atomic E-state index is 13.2. The Morgan fingerprint density at radius 1 is 1.33 bits per heavy atom. The second-order valence-electron chi connectivity index (χ2n) is 8.43. The predicted molar refractivity (Wildman–Crippen MR) is 120 cm³/mol. The van der Waals surface area contributed by atoms with E-state index in [1.807, 2.05) is 23.1 Å². The Hall–Kier alpha value is -2.38. The minimum Gasteiger partial charge on any atom is -0.393 e. The topological polar surface area (TPSA) is 81.2 Å². The lowest BCUT2D eigenvalue weighted by Gasteiger charge is -2.25. The Balaban J connectivity index is 1.29. The highest BCUT2D eigenvalue weighted by atomic mass is 32.1. The van der Waals surface area contributed by atoms with Crippen LogP contribution in [0.15, 0.2) is 24.3 Å². The SMILES string of the molecule is CCc1cccc2[nH]c(C(=O)N3CCc4nc(NC5CCC(O)CC5)sc4C3)cc12. The van der Waals surface area contributed by atoms with E-state index in [0.29, 0.717) is 24.8 Å². The summed E-state index contributed by atoms with van der Waals surface area (Å²) in [4.78, 5) is 24.4. The van der Waals surface area contributed by atoms with Gasteiger partial charge in [0.2, 0.25) is 0 Å². The molecule has 3 N–H and O–H groups in total. The lowest BCUT2D eigenvalue weighted by atomic mass is 9.93. The number of aromatic amines is 1. The van der Waals surface area contributed by atoms with Gasteiger partial charge in [-0.15, -0.1) is 0 Å². The summed E-state index contributed by atoms with van der Waals surface area (Å²) in [5.41, 5.74) is 4.07. The summed E-state index contributed by atoms with van der Waals surface area (Å²) in [7, 11) is 0. The number of thiazole rings is 1. The molecule has 1 aliphatic carbocycles. The molecule has 1 amide bonds. The zero-order valence-corrected chi connectivity index (χ0v) is 18.1. The minimum absolute atomic E-state index is 0.0584. The van der Waals surface area contributed by atoms with Crippen LogP contribution in [0.5, 0.6) is 0 Å². The molecule has 3 heterocycles. The van der Waals surface area contributed by atoms with Gasteiger partial charge in [-0.3, -0.25) is 4.79 Å². The quantitative estimate of drug-likeness (QED) is 0.589. The molecule has 0 saturated heterocycles. The molecule has 5 rings (SSSR count). The van der Waals surface area contributed by atoms with Crippen molar-refractivity contribution in [2.24, 2.45) is 0 Å². The zero-order valence-electron chi connectivity index (χ0n) is 17.3. The van der Waals surface area contributed by atoms with E-state index in [1.54, 1.807) is 11.3 Å².